The Hall–Kier alpha value is -2.21. The molecule has 0 bridgehead atoms. The van der Waals surface area contributed by atoms with Crippen LogP contribution in [0.25, 0.3) is 10.9 Å². The lowest BCUT2D eigenvalue weighted by Gasteiger charge is -2.30. The molecule has 0 spiro atoms. The number of hydrogen-bond donors (Lipinski definition) is 1. The van der Waals surface area contributed by atoms with Gasteiger partial charge in [0.05, 0.1) is 5.52 Å². The van der Waals surface area contributed by atoms with Gasteiger partial charge in [-0.15, -0.1) is 0 Å². The molecule has 7 heteroatoms. The summed E-state index contributed by atoms with van der Waals surface area (Å²) in [5, 5.41) is 0.994. The summed E-state index contributed by atoms with van der Waals surface area (Å²) in [6.45, 7) is 1.09. The van der Waals surface area contributed by atoms with Crippen molar-refractivity contribution in [2.24, 2.45) is 11.7 Å². The Morgan fingerprint density at radius 2 is 2.00 bits per heavy atom. The number of fused-ring (bicyclic) bond motifs is 1. The summed E-state index contributed by atoms with van der Waals surface area (Å²) < 4.78 is 13.4. The minimum atomic E-state index is -0.337. The molecule has 0 radical (unpaired) electrons. The predicted molar refractivity (Wildman–Crippen MR) is 93.5 cm³/mol. The molecule has 132 valence electrons. The van der Waals surface area contributed by atoms with Gasteiger partial charge in [-0.25, -0.2) is 9.37 Å². The van der Waals surface area contributed by atoms with Crippen molar-refractivity contribution >= 4 is 34.3 Å². The number of likely N-dealkylation sites (tertiary alicyclic amines) is 1. The Kier molecular flexibility index (Phi) is 5.18. The number of amides is 2. The molecule has 3 rings (SSSR count). The Labute approximate surface area is 150 Å². The highest BCUT2D eigenvalue weighted by Gasteiger charge is 2.25. The number of primary amides is 1. The molecule has 2 amide bonds. The molecule has 0 atom stereocenters. The van der Waals surface area contributed by atoms with Gasteiger partial charge in [0.25, 0.3) is 0 Å². The summed E-state index contributed by atoms with van der Waals surface area (Å²) in [6.07, 6.45) is 1.95. The van der Waals surface area contributed by atoms with Gasteiger partial charge in [0.2, 0.25) is 11.8 Å². The largest absolute Gasteiger partial charge is 0.369 e. The van der Waals surface area contributed by atoms with E-state index in [1.807, 2.05) is 0 Å². The molecule has 0 unspecified atom stereocenters. The first-order valence-electron chi connectivity index (χ1n) is 8.26. The van der Waals surface area contributed by atoms with Crippen molar-refractivity contribution in [2.75, 3.05) is 13.1 Å². The van der Waals surface area contributed by atoms with Gasteiger partial charge in [-0.1, -0.05) is 11.6 Å². The summed E-state index contributed by atoms with van der Waals surface area (Å²) in [4.78, 5) is 29.6. The van der Waals surface area contributed by atoms with Crippen LogP contribution in [0.1, 0.15) is 24.8 Å². The average Bonchev–Trinajstić information content (AvgIpc) is 2.60. The number of hydrogen-bond acceptors (Lipinski definition) is 3. The van der Waals surface area contributed by atoms with E-state index in [2.05, 4.69) is 4.98 Å². The molecule has 2 aromatic rings. The van der Waals surface area contributed by atoms with Crippen LogP contribution in [-0.4, -0.2) is 34.8 Å². The molecule has 0 aliphatic carbocycles. The second-order valence-corrected chi connectivity index (χ2v) is 6.69. The van der Waals surface area contributed by atoms with Gasteiger partial charge in [-0.05, 0) is 49.1 Å². The Bertz CT molecular complexity index is 819. The number of nitrogens with two attached hydrogens (primary N) is 1. The van der Waals surface area contributed by atoms with E-state index >= 15 is 0 Å². The lowest BCUT2D eigenvalue weighted by atomic mass is 9.96. The van der Waals surface area contributed by atoms with Crippen molar-refractivity contribution in [3.8, 4) is 0 Å². The predicted octanol–water partition coefficient (Wildman–Crippen LogP) is 2.68. The first-order valence-corrected chi connectivity index (χ1v) is 8.63. The third kappa shape index (κ3) is 4.07. The van der Waals surface area contributed by atoms with E-state index in [1.54, 1.807) is 17.0 Å². The highest BCUT2D eigenvalue weighted by molar-refractivity contribution is 6.30. The van der Waals surface area contributed by atoms with Crippen molar-refractivity contribution in [1.29, 1.82) is 0 Å². The molecule has 1 aliphatic heterocycles. The smallest absolute Gasteiger partial charge is 0.222 e. The van der Waals surface area contributed by atoms with Crippen LogP contribution < -0.4 is 5.73 Å². The maximum absolute atomic E-state index is 13.4. The number of pyridine rings is 1. The zero-order chi connectivity index (χ0) is 18.0. The number of benzene rings is 1. The molecular formula is C18H19ClFN3O2. The second-order valence-electron chi connectivity index (χ2n) is 6.33. The summed E-state index contributed by atoms with van der Waals surface area (Å²) in [6, 6.07) is 6.10. The van der Waals surface area contributed by atoms with Gasteiger partial charge < -0.3 is 10.6 Å². The number of rotatable bonds is 4. The zero-order valence-corrected chi connectivity index (χ0v) is 14.4. The van der Waals surface area contributed by atoms with Crippen LogP contribution in [0, 0.1) is 11.7 Å². The number of aromatic nitrogens is 1. The summed E-state index contributed by atoms with van der Waals surface area (Å²) in [7, 11) is 0. The maximum atomic E-state index is 13.4. The normalized spacial score (nSPS) is 15.5. The summed E-state index contributed by atoms with van der Waals surface area (Å²) in [5.41, 5.74) is 6.65. The minimum absolute atomic E-state index is 0.0123. The zero-order valence-electron chi connectivity index (χ0n) is 13.7. The van der Waals surface area contributed by atoms with Crippen LogP contribution in [0.3, 0.4) is 0 Å². The number of piperidine rings is 1. The van der Waals surface area contributed by atoms with Gasteiger partial charge in [-0.2, -0.15) is 0 Å². The Morgan fingerprint density at radius 3 is 2.68 bits per heavy atom. The monoisotopic (exact) mass is 363 g/mol. The molecule has 1 aliphatic rings. The maximum Gasteiger partial charge on any atom is 0.222 e. The van der Waals surface area contributed by atoms with E-state index in [4.69, 9.17) is 17.3 Å². The van der Waals surface area contributed by atoms with Crippen LogP contribution in [0.5, 0.6) is 0 Å². The van der Waals surface area contributed by atoms with Crippen LogP contribution in [0.2, 0.25) is 5.15 Å². The van der Waals surface area contributed by atoms with E-state index < -0.39 is 0 Å². The van der Waals surface area contributed by atoms with Gasteiger partial charge in [0.15, 0.2) is 0 Å². The number of halogens is 2. The van der Waals surface area contributed by atoms with E-state index in [1.165, 1.54) is 12.1 Å². The van der Waals surface area contributed by atoms with E-state index in [-0.39, 0.29) is 23.5 Å². The van der Waals surface area contributed by atoms with Crippen LogP contribution >= 0.6 is 11.6 Å². The van der Waals surface area contributed by atoms with Crippen LogP contribution in [0.15, 0.2) is 24.3 Å². The lowest BCUT2D eigenvalue weighted by molar-refractivity contribution is -0.134. The molecular weight excluding hydrogens is 345 g/mol. The van der Waals surface area contributed by atoms with Gasteiger partial charge in [0, 0.05) is 30.8 Å². The average molecular weight is 364 g/mol. The van der Waals surface area contributed by atoms with Crippen LogP contribution in [-0.2, 0) is 16.0 Å². The summed E-state index contributed by atoms with van der Waals surface area (Å²) in [5.74, 6) is -0.763. The van der Waals surface area contributed by atoms with Crippen molar-refractivity contribution in [3.05, 3.63) is 40.8 Å². The van der Waals surface area contributed by atoms with Crippen LogP contribution in [0.4, 0.5) is 4.39 Å². The van der Waals surface area contributed by atoms with E-state index in [9.17, 15) is 14.0 Å². The molecule has 2 heterocycles. The van der Waals surface area contributed by atoms with Crippen molar-refractivity contribution < 1.29 is 14.0 Å². The molecule has 1 aromatic carbocycles. The minimum Gasteiger partial charge on any atom is -0.369 e. The first-order chi connectivity index (χ1) is 11.9. The quantitative estimate of drug-likeness (QED) is 0.848. The number of carbonyl (C=O) groups is 2. The molecule has 1 fully saturated rings. The molecule has 0 saturated carbocycles. The fraction of sp³-hybridized carbons (Fsp3) is 0.389. The van der Waals surface area contributed by atoms with Crippen molar-refractivity contribution in [1.82, 2.24) is 9.88 Å². The molecule has 25 heavy (non-hydrogen) atoms. The van der Waals surface area contributed by atoms with Gasteiger partial charge >= 0.3 is 0 Å². The third-order valence-electron chi connectivity index (χ3n) is 4.66. The number of nitrogens with zero attached hydrogens (tertiary/aromatic N) is 2. The van der Waals surface area contributed by atoms with Gasteiger partial charge in [0.1, 0.15) is 11.0 Å². The Morgan fingerprint density at radius 1 is 1.28 bits per heavy atom. The third-order valence-corrected chi connectivity index (χ3v) is 4.99. The molecule has 2 N–H and O–H groups in total. The highest BCUT2D eigenvalue weighted by Crippen LogP contribution is 2.23. The van der Waals surface area contributed by atoms with Gasteiger partial charge in [-0.3, -0.25) is 9.59 Å². The lowest BCUT2D eigenvalue weighted by Crippen LogP contribution is -2.41. The second kappa shape index (κ2) is 7.35. The fourth-order valence-electron chi connectivity index (χ4n) is 3.16. The number of carbonyl (C=O) groups excluding carboxylic acids is 2. The van der Waals surface area contributed by atoms with Crippen molar-refractivity contribution in [3.63, 3.8) is 0 Å². The standard InChI is InChI=1S/C18H19ClFN3O2/c19-17-12(9-13-10-14(20)2-3-15(13)22-17)1-4-16(24)23-7-5-11(6-8-23)18(21)25/h2-3,9-11H,1,4-8H2,(H2,21,25). The highest BCUT2D eigenvalue weighted by atomic mass is 35.5. The number of aryl methyl sites for hydroxylation is 1. The first kappa shape index (κ1) is 17.6. The van der Waals surface area contributed by atoms with E-state index in [0.29, 0.717) is 54.8 Å². The topological polar surface area (TPSA) is 76.3 Å². The Balaban J connectivity index is 1.63. The summed E-state index contributed by atoms with van der Waals surface area (Å²) >= 11 is 6.19. The van der Waals surface area contributed by atoms with E-state index in [0.717, 1.165) is 5.56 Å². The SMILES string of the molecule is NC(=O)C1CCN(C(=O)CCc2cc3cc(F)ccc3nc2Cl)CC1. The molecule has 1 aromatic heterocycles. The fourth-order valence-corrected chi connectivity index (χ4v) is 3.40. The molecule has 5 nitrogen and oxygen atoms in total. The van der Waals surface area contributed by atoms with Crippen molar-refractivity contribution in [2.45, 2.75) is 25.7 Å². The molecule has 1 saturated heterocycles.